The van der Waals surface area contributed by atoms with Gasteiger partial charge in [-0.3, -0.25) is 19.3 Å². The average molecular weight is 401 g/mol. The van der Waals surface area contributed by atoms with E-state index in [0.717, 1.165) is 13.1 Å². The molecule has 1 aliphatic rings. The Bertz CT molecular complexity index is 988. The van der Waals surface area contributed by atoms with Gasteiger partial charge in [-0.05, 0) is 30.7 Å². The van der Waals surface area contributed by atoms with Gasteiger partial charge >= 0.3 is 0 Å². The average Bonchev–Trinajstić information content (AvgIpc) is 2.69. The van der Waals surface area contributed by atoms with Crippen LogP contribution in [0.25, 0.3) is 0 Å². The summed E-state index contributed by atoms with van der Waals surface area (Å²) in [5, 5.41) is 20.7. The van der Waals surface area contributed by atoms with Crippen molar-refractivity contribution < 1.29 is 9.84 Å². The smallest absolute Gasteiger partial charge is 0.271 e. The first kappa shape index (κ1) is 20.1. The number of ether oxygens (including phenoxy) is 1. The van der Waals surface area contributed by atoms with Crippen molar-refractivity contribution in [1.82, 2.24) is 9.47 Å². The summed E-state index contributed by atoms with van der Waals surface area (Å²) in [5.41, 5.74) is 0.866. The van der Waals surface area contributed by atoms with E-state index in [-0.39, 0.29) is 18.0 Å². The number of aromatic nitrogens is 1. The Morgan fingerprint density at radius 3 is 2.79 bits per heavy atom. The number of rotatable bonds is 5. The molecule has 1 saturated heterocycles. The molecule has 0 radical (unpaired) electrons. The Morgan fingerprint density at radius 1 is 1.36 bits per heavy atom. The molecule has 146 valence electrons. The monoisotopic (exact) mass is 400 g/mol. The van der Waals surface area contributed by atoms with Crippen LogP contribution in [0.1, 0.15) is 16.7 Å². The van der Waals surface area contributed by atoms with Gasteiger partial charge in [0.25, 0.3) is 5.56 Å². The van der Waals surface area contributed by atoms with Crippen LogP contribution in [-0.4, -0.2) is 53.6 Å². The van der Waals surface area contributed by atoms with E-state index in [9.17, 15) is 15.2 Å². The first-order chi connectivity index (χ1) is 13.5. The number of pyridine rings is 1. The summed E-state index contributed by atoms with van der Waals surface area (Å²) in [6.07, 6.45) is 1.46. The molecule has 0 atom stereocenters. The van der Waals surface area contributed by atoms with Crippen LogP contribution in [0.5, 0.6) is 5.88 Å². The molecule has 28 heavy (non-hydrogen) atoms. The molecule has 0 bridgehead atoms. The molecule has 3 rings (SSSR count). The van der Waals surface area contributed by atoms with Gasteiger partial charge in [0.2, 0.25) is 5.88 Å². The molecule has 0 saturated carbocycles. The van der Waals surface area contributed by atoms with Crippen LogP contribution in [0.2, 0.25) is 5.02 Å². The number of halogens is 1. The standard InChI is InChI=1S/C20H21ClN4O3/c1-14-17(12-22)19(26)25(6-5-24-7-9-28-10-8-24)20(27)18(14)13-23-16-4-2-3-15(21)11-16/h2-4,11,13,27H,5-10H2,1H3. The number of aromatic hydroxyl groups is 1. The minimum atomic E-state index is -0.495. The number of aliphatic imine (C=N–C) groups is 1. The van der Waals surface area contributed by atoms with Crippen LogP contribution in [0.3, 0.4) is 0 Å². The van der Waals surface area contributed by atoms with Crippen molar-refractivity contribution in [2.24, 2.45) is 4.99 Å². The molecule has 0 amide bonds. The van der Waals surface area contributed by atoms with Gasteiger partial charge in [-0.2, -0.15) is 5.26 Å². The van der Waals surface area contributed by atoms with E-state index < -0.39 is 5.56 Å². The second-order valence-electron chi connectivity index (χ2n) is 6.50. The van der Waals surface area contributed by atoms with Crippen molar-refractivity contribution in [2.45, 2.75) is 13.5 Å². The molecule has 2 aromatic rings. The topological polar surface area (TPSA) is 90.8 Å². The van der Waals surface area contributed by atoms with E-state index in [0.29, 0.717) is 41.6 Å². The quantitative estimate of drug-likeness (QED) is 0.778. The summed E-state index contributed by atoms with van der Waals surface area (Å²) in [7, 11) is 0. The highest BCUT2D eigenvalue weighted by atomic mass is 35.5. The molecule has 0 aliphatic carbocycles. The number of hydrogen-bond donors (Lipinski definition) is 1. The van der Waals surface area contributed by atoms with Gasteiger partial charge in [-0.25, -0.2) is 0 Å². The molecule has 8 heteroatoms. The highest BCUT2D eigenvalue weighted by Gasteiger charge is 2.19. The van der Waals surface area contributed by atoms with Gasteiger partial charge in [0.15, 0.2) is 0 Å². The predicted molar refractivity (Wildman–Crippen MR) is 108 cm³/mol. The molecule has 0 unspecified atom stereocenters. The fraction of sp³-hybridized carbons (Fsp3) is 0.350. The van der Waals surface area contributed by atoms with Gasteiger partial charge in [-0.15, -0.1) is 0 Å². The molecule has 1 N–H and O–H groups in total. The highest BCUT2D eigenvalue weighted by Crippen LogP contribution is 2.22. The Hall–Kier alpha value is -2.66. The van der Waals surface area contributed by atoms with Gasteiger partial charge in [0.1, 0.15) is 11.6 Å². The van der Waals surface area contributed by atoms with Gasteiger partial charge in [0, 0.05) is 37.4 Å². The summed E-state index contributed by atoms with van der Waals surface area (Å²) in [4.78, 5) is 19.1. The van der Waals surface area contributed by atoms with E-state index >= 15 is 0 Å². The number of nitrogens with zero attached hydrogens (tertiary/aromatic N) is 4. The zero-order valence-electron chi connectivity index (χ0n) is 15.6. The van der Waals surface area contributed by atoms with Crippen molar-refractivity contribution in [3.63, 3.8) is 0 Å². The Balaban J connectivity index is 1.95. The summed E-state index contributed by atoms with van der Waals surface area (Å²) >= 11 is 5.97. The minimum absolute atomic E-state index is 0.00678. The second kappa shape index (κ2) is 9.02. The van der Waals surface area contributed by atoms with Crippen molar-refractivity contribution >= 4 is 23.5 Å². The van der Waals surface area contributed by atoms with Crippen LogP contribution >= 0.6 is 11.6 Å². The highest BCUT2D eigenvalue weighted by molar-refractivity contribution is 6.30. The third kappa shape index (κ3) is 4.42. The number of morpholine rings is 1. The SMILES string of the molecule is Cc1c(C=Nc2cccc(Cl)c2)c(O)n(CCN2CCOCC2)c(=O)c1C#N. The Morgan fingerprint density at radius 2 is 2.11 bits per heavy atom. The van der Waals surface area contributed by atoms with Crippen molar-refractivity contribution in [2.75, 3.05) is 32.8 Å². The molecule has 7 nitrogen and oxygen atoms in total. The normalized spacial score (nSPS) is 15.0. The molecular formula is C20H21ClN4O3. The fourth-order valence-electron chi connectivity index (χ4n) is 3.09. The van der Waals surface area contributed by atoms with Crippen molar-refractivity contribution in [3.05, 3.63) is 56.3 Å². The maximum absolute atomic E-state index is 12.7. The Kier molecular flexibility index (Phi) is 6.47. The van der Waals surface area contributed by atoms with Crippen LogP contribution < -0.4 is 5.56 Å². The third-order valence-corrected chi connectivity index (χ3v) is 4.98. The van der Waals surface area contributed by atoms with Crippen LogP contribution in [0.15, 0.2) is 34.1 Å². The zero-order chi connectivity index (χ0) is 20.1. The molecule has 1 aromatic heterocycles. The molecule has 1 fully saturated rings. The summed E-state index contributed by atoms with van der Waals surface area (Å²) in [5.74, 6) is -0.194. The minimum Gasteiger partial charge on any atom is -0.494 e. The van der Waals surface area contributed by atoms with Gasteiger partial charge in [0.05, 0.1) is 24.5 Å². The second-order valence-corrected chi connectivity index (χ2v) is 6.93. The van der Waals surface area contributed by atoms with E-state index in [2.05, 4.69) is 9.89 Å². The van der Waals surface area contributed by atoms with Gasteiger partial charge < -0.3 is 9.84 Å². The lowest BCUT2D eigenvalue weighted by Crippen LogP contribution is -2.39. The van der Waals surface area contributed by atoms with Crippen molar-refractivity contribution in [1.29, 1.82) is 5.26 Å². The lowest BCUT2D eigenvalue weighted by atomic mass is 10.1. The maximum atomic E-state index is 12.7. The molecule has 2 heterocycles. The van der Waals surface area contributed by atoms with E-state index in [4.69, 9.17) is 16.3 Å². The van der Waals surface area contributed by atoms with Crippen molar-refractivity contribution in [3.8, 4) is 11.9 Å². The molecule has 0 spiro atoms. The van der Waals surface area contributed by atoms with Crippen LogP contribution in [0.4, 0.5) is 5.69 Å². The van der Waals surface area contributed by atoms with E-state index in [1.165, 1.54) is 10.8 Å². The Labute approximate surface area is 168 Å². The largest absolute Gasteiger partial charge is 0.494 e. The predicted octanol–water partition coefficient (Wildman–Crippen LogP) is 2.47. The zero-order valence-corrected chi connectivity index (χ0v) is 16.3. The summed E-state index contributed by atoms with van der Waals surface area (Å²) in [6, 6.07) is 8.92. The molecule has 1 aliphatic heterocycles. The summed E-state index contributed by atoms with van der Waals surface area (Å²) < 4.78 is 6.56. The maximum Gasteiger partial charge on any atom is 0.271 e. The lowest BCUT2D eigenvalue weighted by Gasteiger charge is -2.27. The first-order valence-corrected chi connectivity index (χ1v) is 9.35. The lowest BCUT2D eigenvalue weighted by molar-refractivity contribution is 0.0360. The van der Waals surface area contributed by atoms with Gasteiger partial charge in [-0.1, -0.05) is 17.7 Å². The number of nitriles is 1. The third-order valence-electron chi connectivity index (χ3n) is 4.74. The first-order valence-electron chi connectivity index (χ1n) is 8.97. The van der Waals surface area contributed by atoms with Crippen LogP contribution in [-0.2, 0) is 11.3 Å². The van der Waals surface area contributed by atoms with E-state index in [1.807, 2.05) is 6.07 Å². The van der Waals surface area contributed by atoms with Crippen LogP contribution in [0, 0.1) is 18.3 Å². The molecular weight excluding hydrogens is 380 g/mol. The number of hydrogen-bond acceptors (Lipinski definition) is 6. The molecule has 1 aromatic carbocycles. The van der Waals surface area contributed by atoms with E-state index in [1.54, 1.807) is 31.2 Å². The fourth-order valence-corrected chi connectivity index (χ4v) is 3.28. The number of benzene rings is 1. The summed E-state index contributed by atoms with van der Waals surface area (Å²) in [6.45, 7) is 5.33.